The van der Waals surface area contributed by atoms with Crippen molar-refractivity contribution >= 4 is 16.9 Å². The molecule has 2 aromatic heterocycles. The summed E-state index contributed by atoms with van der Waals surface area (Å²) >= 11 is 0. The number of nitrogens with zero attached hydrogens (tertiary/aromatic N) is 2. The molecule has 28 heavy (non-hydrogen) atoms. The monoisotopic (exact) mass is 374 g/mol. The van der Waals surface area contributed by atoms with Gasteiger partial charge in [-0.05, 0) is 24.5 Å². The second-order valence-electron chi connectivity index (χ2n) is 7.24. The number of H-pyrrole nitrogens is 1. The Hall–Kier alpha value is -3.41. The van der Waals surface area contributed by atoms with Crippen LogP contribution < -0.4 is 5.32 Å². The van der Waals surface area contributed by atoms with Crippen LogP contribution >= 0.6 is 0 Å². The zero-order chi connectivity index (χ0) is 19.5. The summed E-state index contributed by atoms with van der Waals surface area (Å²) in [5.41, 5.74) is 3.37. The summed E-state index contributed by atoms with van der Waals surface area (Å²) in [5, 5.41) is 7.06. The summed E-state index contributed by atoms with van der Waals surface area (Å²) in [7, 11) is 0. The minimum atomic E-state index is -0.305. The van der Waals surface area contributed by atoms with Crippen molar-refractivity contribution in [1.82, 2.24) is 20.4 Å². The molecule has 2 aromatic carbocycles. The standard InChI is InChI=1S/C22H22N4O2/c1-14(2)12-19(21-23-16-10-6-7-11-17(16)24-21)25-22(27)20-13-18(26-28-20)15-8-4-3-5-9-15/h3-11,13-14,19H,12H2,1-2H3,(H,23,24)(H,25,27). The van der Waals surface area contributed by atoms with E-state index in [0.29, 0.717) is 11.6 Å². The van der Waals surface area contributed by atoms with E-state index in [9.17, 15) is 4.79 Å². The van der Waals surface area contributed by atoms with Crippen LogP contribution in [-0.2, 0) is 0 Å². The number of fused-ring (bicyclic) bond motifs is 1. The summed E-state index contributed by atoms with van der Waals surface area (Å²) in [6, 6.07) is 18.9. The molecule has 0 spiro atoms. The van der Waals surface area contributed by atoms with E-state index < -0.39 is 0 Å². The predicted octanol–water partition coefficient (Wildman–Crippen LogP) is 4.74. The minimum Gasteiger partial charge on any atom is -0.350 e. The average Bonchev–Trinajstić information content (AvgIpc) is 3.35. The number of carbonyl (C=O) groups excluding carboxylic acids is 1. The summed E-state index contributed by atoms with van der Waals surface area (Å²) in [5.74, 6) is 1.00. The van der Waals surface area contributed by atoms with Gasteiger partial charge in [-0.15, -0.1) is 0 Å². The molecule has 4 aromatic rings. The van der Waals surface area contributed by atoms with E-state index in [0.717, 1.165) is 28.8 Å². The molecule has 4 rings (SSSR count). The van der Waals surface area contributed by atoms with Gasteiger partial charge in [-0.1, -0.05) is 61.5 Å². The third-order valence-electron chi connectivity index (χ3n) is 4.55. The topological polar surface area (TPSA) is 83.8 Å². The molecule has 2 N–H and O–H groups in total. The van der Waals surface area contributed by atoms with E-state index in [1.807, 2.05) is 54.6 Å². The molecule has 6 nitrogen and oxygen atoms in total. The van der Waals surface area contributed by atoms with Crippen molar-refractivity contribution in [3.63, 3.8) is 0 Å². The molecule has 0 aliphatic carbocycles. The molecular formula is C22H22N4O2. The van der Waals surface area contributed by atoms with E-state index >= 15 is 0 Å². The summed E-state index contributed by atoms with van der Waals surface area (Å²) in [6.45, 7) is 4.23. The molecule has 0 saturated carbocycles. The van der Waals surface area contributed by atoms with Gasteiger partial charge in [0.1, 0.15) is 11.5 Å². The molecule has 0 saturated heterocycles. The number of nitrogens with one attached hydrogen (secondary N) is 2. The van der Waals surface area contributed by atoms with Crippen molar-refractivity contribution in [2.45, 2.75) is 26.3 Å². The molecular weight excluding hydrogens is 352 g/mol. The second-order valence-corrected chi connectivity index (χ2v) is 7.24. The fraction of sp³-hybridized carbons (Fsp3) is 0.227. The number of aromatic nitrogens is 3. The Morgan fingerprint density at radius 1 is 1.11 bits per heavy atom. The molecule has 6 heteroatoms. The van der Waals surface area contributed by atoms with Crippen LogP contribution in [0.25, 0.3) is 22.3 Å². The Morgan fingerprint density at radius 3 is 2.61 bits per heavy atom. The second kappa shape index (κ2) is 7.68. The number of para-hydroxylation sites is 2. The van der Waals surface area contributed by atoms with Crippen molar-refractivity contribution in [2.75, 3.05) is 0 Å². The first-order valence-electron chi connectivity index (χ1n) is 9.38. The number of amides is 1. The Labute approximate surface area is 163 Å². The van der Waals surface area contributed by atoms with Gasteiger partial charge in [-0.25, -0.2) is 4.98 Å². The lowest BCUT2D eigenvalue weighted by Gasteiger charge is -2.17. The van der Waals surface area contributed by atoms with Gasteiger partial charge < -0.3 is 14.8 Å². The molecule has 1 atom stereocenters. The van der Waals surface area contributed by atoms with Crippen LogP contribution in [0.2, 0.25) is 0 Å². The maximum atomic E-state index is 12.8. The quantitative estimate of drug-likeness (QED) is 0.511. The predicted molar refractivity (Wildman–Crippen MR) is 108 cm³/mol. The number of benzene rings is 2. The Kier molecular flexibility index (Phi) is 4.93. The maximum Gasteiger partial charge on any atom is 0.290 e. The molecule has 1 unspecified atom stereocenters. The van der Waals surface area contributed by atoms with Crippen LogP contribution in [0.4, 0.5) is 0 Å². The molecule has 0 aliphatic heterocycles. The minimum absolute atomic E-state index is 0.184. The first kappa shape index (κ1) is 18.0. The molecule has 0 aliphatic rings. The number of aromatic amines is 1. The van der Waals surface area contributed by atoms with Crippen LogP contribution in [0.15, 0.2) is 65.2 Å². The van der Waals surface area contributed by atoms with Gasteiger partial charge >= 0.3 is 0 Å². The highest BCUT2D eigenvalue weighted by molar-refractivity contribution is 5.92. The van der Waals surface area contributed by atoms with Crippen LogP contribution in [0.1, 0.15) is 42.7 Å². The summed E-state index contributed by atoms with van der Waals surface area (Å²) in [6.07, 6.45) is 0.755. The van der Waals surface area contributed by atoms with Crippen LogP contribution in [0.3, 0.4) is 0 Å². The van der Waals surface area contributed by atoms with Gasteiger partial charge in [0.15, 0.2) is 0 Å². The molecule has 2 heterocycles. The van der Waals surface area contributed by atoms with Crippen LogP contribution in [-0.4, -0.2) is 21.0 Å². The highest BCUT2D eigenvalue weighted by atomic mass is 16.5. The molecule has 0 bridgehead atoms. The highest BCUT2D eigenvalue weighted by Crippen LogP contribution is 2.23. The highest BCUT2D eigenvalue weighted by Gasteiger charge is 2.23. The van der Waals surface area contributed by atoms with Crippen molar-refractivity contribution in [1.29, 1.82) is 0 Å². The van der Waals surface area contributed by atoms with Crippen molar-refractivity contribution in [2.24, 2.45) is 5.92 Å². The van der Waals surface area contributed by atoms with Crippen molar-refractivity contribution in [3.8, 4) is 11.3 Å². The fourth-order valence-electron chi connectivity index (χ4n) is 3.20. The fourth-order valence-corrected chi connectivity index (χ4v) is 3.20. The van der Waals surface area contributed by atoms with Gasteiger partial charge in [-0.2, -0.15) is 0 Å². The van der Waals surface area contributed by atoms with Gasteiger partial charge in [0.25, 0.3) is 5.91 Å². The van der Waals surface area contributed by atoms with Gasteiger partial charge in [0.2, 0.25) is 5.76 Å². The first-order valence-corrected chi connectivity index (χ1v) is 9.38. The van der Waals surface area contributed by atoms with E-state index in [-0.39, 0.29) is 17.7 Å². The lowest BCUT2D eigenvalue weighted by Crippen LogP contribution is -2.30. The van der Waals surface area contributed by atoms with Crippen LogP contribution in [0.5, 0.6) is 0 Å². The number of imidazole rings is 1. The van der Waals surface area contributed by atoms with E-state index in [4.69, 9.17) is 4.52 Å². The smallest absolute Gasteiger partial charge is 0.290 e. The van der Waals surface area contributed by atoms with E-state index in [2.05, 4.69) is 34.3 Å². The van der Waals surface area contributed by atoms with E-state index in [1.54, 1.807) is 6.07 Å². The number of carbonyl (C=O) groups is 1. The molecule has 0 radical (unpaired) electrons. The Bertz CT molecular complexity index is 1050. The van der Waals surface area contributed by atoms with Crippen molar-refractivity contribution in [3.05, 3.63) is 72.2 Å². The Balaban J connectivity index is 1.57. The SMILES string of the molecule is CC(C)CC(NC(=O)c1cc(-c2ccccc2)no1)c1nc2ccccc2[nH]1. The molecule has 142 valence electrons. The van der Waals surface area contributed by atoms with Crippen LogP contribution in [0, 0.1) is 5.92 Å². The zero-order valence-electron chi connectivity index (χ0n) is 15.8. The lowest BCUT2D eigenvalue weighted by atomic mass is 10.0. The normalized spacial score (nSPS) is 12.4. The van der Waals surface area contributed by atoms with Gasteiger partial charge in [0.05, 0.1) is 17.1 Å². The summed E-state index contributed by atoms with van der Waals surface area (Å²) in [4.78, 5) is 20.7. The third kappa shape index (κ3) is 3.81. The first-order chi connectivity index (χ1) is 13.6. The number of rotatable bonds is 6. The average molecular weight is 374 g/mol. The maximum absolute atomic E-state index is 12.8. The molecule has 0 fully saturated rings. The van der Waals surface area contributed by atoms with Crippen molar-refractivity contribution < 1.29 is 9.32 Å². The molecule has 1 amide bonds. The zero-order valence-corrected chi connectivity index (χ0v) is 15.8. The Morgan fingerprint density at radius 2 is 1.86 bits per heavy atom. The van der Waals surface area contributed by atoms with Gasteiger partial charge in [-0.3, -0.25) is 4.79 Å². The lowest BCUT2D eigenvalue weighted by molar-refractivity contribution is 0.0892. The largest absolute Gasteiger partial charge is 0.350 e. The van der Waals surface area contributed by atoms with Gasteiger partial charge in [0, 0.05) is 11.6 Å². The third-order valence-corrected chi connectivity index (χ3v) is 4.55. The summed E-state index contributed by atoms with van der Waals surface area (Å²) < 4.78 is 5.29. The number of hydrogen-bond donors (Lipinski definition) is 2. The van der Waals surface area contributed by atoms with E-state index in [1.165, 1.54) is 0 Å². The number of hydrogen-bond acceptors (Lipinski definition) is 4.